The maximum absolute atomic E-state index is 13.4. The molecule has 2 aromatic rings. The van der Waals surface area contributed by atoms with Crippen molar-refractivity contribution in [3.63, 3.8) is 0 Å². The first-order chi connectivity index (χ1) is 14.3. The number of amides is 2. The Bertz CT molecular complexity index is 910. The fraction of sp³-hybridized carbons (Fsp3) is 0.391. The number of nitrogens with one attached hydrogen (secondary N) is 1. The standard InChI is InChI=1S/C23H28FN3O3/c1-16(28)27(15-21-8-5-11-30-21)14-18-13-20(9-10-22(18)26(2)3)25-23(29)17-6-4-7-19(24)12-17/h4,6-7,9-10,12-13,21H,5,8,11,14-15H2,1-3H3,(H,25,29)/t21-/m1/s1. The van der Waals surface area contributed by atoms with Crippen molar-refractivity contribution in [2.24, 2.45) is 0 Å². The molecule has 1 aliphatic rings. The Morgan fingerprint density at radius 2 is 2.00 bits per heavy atom. The number of carbonyl (C=O) groups is 2. The first-order valence-electron chi connectivity index (χ1n) is 10.1. The van der Waals surface area contributed by atoms with Crippen LogP contribution in [0.4, 0.5) is 15.8 Å². The van der Waals surface area contributed by atoms with Crippen molar-refractivity contribution in [3.8, 4) is 0 Å². The number of halogens is 1. The summed E-state index contributed by atoms with van der Waals surface area (Å²) in [6.07, 6.45) is 2.03. The van der Waals surface area contributed by atoms with Crippen LogP contribution in [0.2, 0.25) is 0 Å². The molecule has 1 heterocycles. The van der Waals surface area contributed by atoms with Gasteiger partial charge in [-0.15, -0.1) is 0 Å². The quantitative estimate of drug-likeness (QED) is 0.752. The number of nitrogens with zero attached hydrogens (tertiary/aromatic N) is 2. The monoisotopic (exact) mass is 413 g/mol. The first-order valence-corrected chi connectivity index (χ1v) is 10.1. The Balaban J connectivity index is 1.81. The number of carbonyl (C=O) groups excluding carboxylic acids is 2. The van der Waals surface area contributed by atoms with Gasteiger partial charge in [0.25, 0.3) is 5.91 Å². The van der Waals surface area contributed by atoms with Crippen molar-refractivity contribution in [3.05, 3.63) is 59.4 Å². The van der Waals surface area contributed by atoms with Crippen LogP contribution in [0.15, 0.2) is 42.5 Å². The minimum atomic E-state index is -0.461. The molecule has 0 aliphatic carbocycles. The second kappa shape index (κ2) is 9.71. The summed E-state index contributed by atoms with van der Waals surface area (Å²) >= 11 is 0. The van der Waals surface area contributed by atoms with E-state index in [2.05, 4.69) is 5.32 Å². The van der Waals surface area contributed by atoms with E-state index in [-0.39, 0.29) is 23.5 Å². The molecule has 2 aromatic carbocycles. The van der Waals surface area contributed by atoms with Crippen LogP contribution in [0.5, 0.6) is 0 Å². The Morgan fingerprint density at radius 3 is 2.63 bits per heavy atom. The van der Waals surface area contributed by atoms with Crippen LogP contribution in [-0.4, -0.2) is 50.1 Å². The third-order valence-electron chi connectivity index (χ3n) is 5.16. The number of rotatable bonds is 7. The predicted octanol–water partition coefficient (Wildman–Crippen LogP) is 3.67. The second-order valence-electron chi connectivity index (χ2n) is 7.74. The molecule has 160 valence electrons. The Morgan fingerprint density at radius 1 is 1.20 bits per heavy atom. The Hall–Kier alpha value is -2.93. The molecule has 1 aliphatic heterocycles. The molecule has 7 heteroatoms. The largest absolute Gasteiger partial charge is 0.377 e. The van der Waals surface area contributed by atoms with E-state index < -0.39 is 5.82 Å². The van der Waals surface area contributed by atoms with Gasteiger partial charge in [0.2, 0.25) is 5.91 Å². The van der Waals surface area contributed by atoms with Gasteiger partial charge in [0.05, 0.1) is 6.10 Å². The van der Waals surface area contributed by atoms with E-state index in [1.165, 1.54) is 18.2 Å². The smallest absolute Gasteiger partial charge is 0.255 e. The minimum absolute atomic E-state index is 0.0237. The van der Waals surface area contributed by atoms with Crippen molar-refractivity contribution >= 4 is 23.2 Å². The SMILES string of the molecule is CC(=O)N(Cc1cc(NC(=O)c2cccc(F)c2)ccc1N(C)C)C[C@H]1CCCO1. The van der Waals surface area contributed by atoms with Gasteiger partial charge in [-0.3, -0.25) is 9.59 Å². The zero-order valence-electron chi connectivity index (χ0n) is 17.7. The van der Waals surface area contributed by atoms with Crippen LogP contribution in [-0.2, 0) is 16.1 Å². The van der Waals surface area contributed by atoms with Crippen molar-refractivity contribution in [1.82, 2.24) is 4.90 Å². The van der Waals surface area contributed by atoms with E-state index in [9.17, 15) is 14.0 Å². The highest BCUT2D eigenvalue weighted by Crippen LogP contribution is 2.26. The van der Waals surface area contributed by atoms with E-state index in [0.29, 0.717) is 18.8 Å². The van der Waals surface area contributed by atoms with Crippen LogP contribution in [0, 0.1) is 5.82 Å². The van der Waals surface area contributed by atoms with E-state index >= 15 is 0 Å². The molecule has 1 fully saturated rings. The lowest BCUT2D eigenvalue weighted by Crippen LogP contribution is -2.35. The lowest BCUT2D eigenvalue weighted by molar-refractivity contribution is -0.131. The minimum Gasteiger partial charge on any atom is -0.377 e. The van der Waals surface area contributed by atoms with E-state index in [4.69, 9.17) is 4.74 Å². The molecule has 1 atom stereocenters. The zero-order valence-corrected chi connectivity index (χ0v) is 17.7. The molecule has 0 unspecified atom stereocenters. The number of hydrogen-bond donors (Lipinski definition) is 1. The third-order valence-corrected chi connectivity index (χ3v) is 5.16. The maximum Gasteiger partial charge on any atom is 0.255 e. The summed E-state index contributed by atoms with van der Waals surface area (Å²) in [5.41, 5.74) is 2.70. The normalized spacial score (nSPS) is 15.7. The van der Waals surface area contributed by atoms with E-state index in [0.717, 1.165) is 30.7 Å². The van der Waals surface area contributed by atoms with Gasteiger partial charge in [-0.2, -0.15) is 0 Å². The number of anilines is 2. The van der Waals surface area contributed by atoms with Gasteiger partial charge in [-0.1, -0.05) is 6.07 Å². The summed E-state index contributed by atoms with van der Waals surface area (Å²) in [7, 11) is 3.87. The molecule has 0 aromatic heterocycles. The average Bonchev–Trinajstić information content (AvgIpc) is 3.20. The van der Waals surface area contributed by atoms with Crippen molar-refractivity contribution in [1.29, 1.82) is 0 Å². The molecule has 1 saturated heterocycles. The number of hydrogen-bond acceptors (Lipinski definition) is 4. The molecule has 0 bridgehead atoms. The Labute approximate surface area is 176 Å². The predicted molar refractivity (Wildman–Crippen MR) is 115 cm³/mol. The summed E-state index contributed by atoms with van der Waals surface area (Å²) in [5, 5.41) is 2.82. The number of ether oxygens (including phenoxy) is 1. The highest BCUT2D eigenvalue weighted by atomic mass is 19.1. The van der Waals surface area contributed by atoms with E-state index in [1.807, 2.05) is 31.1 Å². The maximum atomic E-state index is 13.4. The summed E-state index contributed by atoms with van der Waals surface area (Å²) in [6, 6.07) is 11.1. The van der Waals surface area contributed by atoms with Crippen LogP contribution < -0.4 is 10.2 Å². The van der Waals surface area contributed by atoms with Crippen LogP contribution in [0.3, 0.4) is 0 Å². The van der Waals surface area contributed by atoms with Crippen molar-refractivity contribution < 1.29 is 18.7 Å². The van der Waals surface area contributed by atoms with Crippen LogP contribution >= 0.6 is 0 Å². The summed E-state index contributed by atoms with van der Waals surface area (Å²) in [6.45, 7) is 3.25. The summed E-state index contributed by atoms with van der Waals surface area (Å²) in [4.78, 5) is 28.5. The second-order valence-corrected chi connectivity index (χ2v) is 7.74. The molecule has 6 nitrogen and oxygen atoms in total. The van der Waals surface area contributed by atoms with Gasteiger partial charge >= 0.3 is 0 Å². The third kappa shape index (κ3) is 5.57. The van der Waals surface area contributed by atoms with Crippen molar-refractivity contribution in [2.45, 2.75) is 32.4 Å². The molecule has 0 spiro atoms. The molecule has 2 amide bonds. The van der Waals surface area contributed by atoms with Gasteiger partial charge in [-0.25, -0.2) is 4.39 Å². The van der Waals surface area contributed by atoms with Crippen molar-refractivity contribution in [2.75, 3.05) is 37.5 Å². The summed E-state index contributed by atoms with van der Waals surface area (Å²) in [5.74, 6) is -0.872. The zero-order chi connectivity index (χ0) is 21.7. The van der Waals surface area contributed by atoms with Crippen LogP contribution in [0.1, 0.15) is 35.7 Å². The molecule has 0 radical (unpaired) electrons. The fourth-order valence-electron chi connectivity index (χ4n) is 3.60. The molecule has 0 saturated carbocycles. The Kier molecular flexibility index (Phi) is 7.05. The van der Waals surface area contributed by atoms with Gasteiger partial charge in [0.1, 0.15) is 5.82 Å². The lowest BCUT2D eigenvalue weighted by atomic mass is 10.1. The average molecular weight is 413 g/mol. The van der Waals surface area contributed by atoms with Gasteiger partial charge in [0.15, 0.2) is 0 Å². The first kappa shape index (κ1) is 21.8. The molecule has 30 heavy (non-hydrogen) atoms. The molecule has 1 N–H and O–H groups in total. The van der Waals surface area contributed by atoms with Gasteiger partial charge in [-0.05, 0) is 54.8 Å². The highest BCUT2D eigenvalue weighted by Gasteiger charge is 2.22. The summed E-state index contributed by atoms with van der Waals surface area (Å²) < 4.78 is 19.1. The molecule has 3 rings (SSSR count). The topological polar surface area (TPSA) is 61.9 Å². The van der Waals surface area contributed by atoms with E-state index in [1.54, 1.807) is 24.0 Å². The molecular formula is C23H28FN3O3. The van der Waals surface area contributed by atoms with Crippen LogP contribution in [0.25, 0.3) is 0 Å². The highest BCUT2D eigenvalue weighted by molar-refractivity contribution is 6.04. The van der Waals surface area contributed by atoms with Gasteiger partial charge < -0.3 is 19.9 Å². The number of benzene rings is 2. The van der Waals surface area contributed by atoms with Gasteiger partial charge in [0, 0.05) is 57.7 Å². The fourth-order valence-corrected chi connectivity index (χ4v) is 3.60. The molecular weight excluding hydrogens is 385 g/mol. The lowest BCUT2D eigenvalue weighted by Gasteiger charge is -2.27.